The number of fused-ring (bicyclic) bond motifs is 1. The summed E-state index contributed by atoms with van der Waals surface area (Å²) >= 11 is 0. The Morgan fingerprint density at radius 3 is 2.88 bits per heavy atom. The van der Waals surface area contributed by atoms with Crippen molar-refractivity contribution in [2.45, 2.75) is 44.8 Å². The fraction of sp³-hybridized carbons (Fsp3) is 0.320. The first-order chi connectivity index (χ1) is 16.1. The molecule has 0 fully saturated rings. The first-order valence-corrected chi connectivity index (χ1v) is 10.9. The molecular weight excluding hydrogens is 432 g/mol. The highest BCUT2D eigenvalue weighted by Crippen LogP contribution is 2.27. The monoisotopic (exact) mass is 462 g/mol. The maximum Gasteiger partial charge on any atom is 0.342 e. The molecule has 178 valence electrons. The summed E-state index contributed by atoms with van der Waals surface area (Å²) in [6, 6.07) is 4.42. The minimum absolute atomic E-state index is 0.229. The van der Waals surface area contributed by atoms with Crippen LogP contribution in [0.4, 0.5) is 10.5 Å². The Morgan fingerprint density at radius 1 is 1.41 bits per heavy atom. The van der Waals surface area contributed by atoms with Crippen molar-refractivity contribution in [1.29, 1.82) is 0 Å². The summed E-state index contributed by atoms with van der Waals surface area (Å²) in [5.74, 6) is 5.49. The van der Waals surface area contributed by atoms with Crippen molar-refractivity contribution in [3.63, 3.8) is 0 Å². The molecule has 1 aliphatic heterocycles. The van der Waals surface area contributed by atoms with Crippen molar-refractivity contribution in [3.05, 3.63) is 71.3 Å². The molecule has 1 aliphatic rings. The molecule has 0 radical (unpaired) electrons. The molecule has 0 spiro atoms. The number of aliphatic hydroxyl groups is 1. The summed E-state index contributed by atoms with van der Waals surface area (Å²) < 4.78 is 1.16. The van der Waals surface area contributed by atoms with E-state index >= 15 is 0 Å². The molecule has 2 amide bonds. The van der Waals surface area contributed by atoms with Crippen LogP contribution in [0.5, 0.6) is 0 Å². The molecule has 1 atom stereocenters. The van der Waals surface area contributed by atoms with Gasteiger partial charge in [-0.25, -0.2) is 4.79 Å². The molecule has 0 saturated carbocycles. The summed E-state index contributed by atoms with van der Waals surface area (Å²) in [6.07, 6.45) is 9.29. The Morgan fingerprint density at radius 2 is 2.18 bits per heavy atom. The van der Waals surface area contributed by atoms with Crippen LogP contribution in [-0.2, 0) is 17.6 Å². The van der Waals surface area contributed by atoms with Crippen molar-refractivity contribution in [2.24, 2.45) is 11.5 Å². The van der Waals surface area contributed by atoms with Crippen LogP contribution >= 0.6 is 0 Å². The molecule has 3 rings (SSSR count). The van der Waals surface area contributed by atoms with Crippen molar-refractivity contribution in [3.8, 4) is 11.8 Å². The van der Waals surface area contributed by atoms with Crippen LogP contribution in [0, 0.1) is 11.8 Å². The van der Waals surface area contributed by atoms with Crippen LogP contribution < -0.4 is 21.7 Å². The molecule has 2 aromatic rings. The fourth-order valence-corrected chi connectivity index (χ4v) is 3.55. The van der Waals surface area contributed by atoms with Crippen LogP contribution in [0.25, 0.3) is 0 Å². The van der Waals surface area contributed by atoms with E-state index in [9.17, 15) is 14.7 Å². The van der Waals surface area contributed by atoms with Gasteiger partial charge in [0.05, 0.1) is 6.20 Å². The number of nitrogens with one attached hydrogen (secondary N) is 1. The molecule has 9 heteroatoms. The molecule has 1 aromatic heterocycles. The number of anilines is 1. The second-order valence-electron chi connectivity index (χ2n) is 8.69. The van der Waals surface area contributed by atoms with Crippen LogP contribution in [0.3, 0.4) is 0 Å². The Bertz CT molecular complexity index is 1190. The fourth-order valence-electron chi connectivity index (χ4n) is 3.55. The number of allylic oxidation sites excluding steroid dienone is 3. The topological polar surface area (TPSA) is 140 Å². The number of nitrogens with zero attached hydrogens (tertiary/aromatic N) is 3. The average Bonchev–Trinajstić information content (AvgIpc) is 3.22. The molecule has 0 aliphatic carbocycles. The highest BCUT2D eigenvalue weighted by molar-refractivity contribution is 6.00. The predicted octanol–water partition coefficient (Wildman–Crippen LogP) is 1.40. The van der Waals surface area contributed by atoms with Gasteiger partial charge in [-0.05, 0) is 68.3 Å². The van der Waals surface area contributed by atoms with Gasteiger partial charge in [0.15, 0.2) is 0 Å². The van der Waals surface area contributed by atoms with E-state index in [1.54, 1.807) is 45.4 Å². The lowest BCUT2D eigenvalue weighted by Crippen LogP contribution is -2.48. The van der Waals surface area contributed by atoms with E-state index < -0.39 is 17.7 Å². The number of aryl methyl sites for hydroxylation is 1. The number of rotatable bonds is 4. The predicted molar refractivity (Wildman–Crippen MR) is 131 cm³/mol. The SMILES string of the molecule is CN1C(=O)C(NC(=O)n2cc(C/C(N)=C/C=C\N)cn2)CCc2ccc(C#CC(C)(C)O)cc21. The summed E-state index contributed by atoms with van der Waals surface area (Å²) in [5, 5.41) is 16.7. The Balaban J connectivity index is 1.72. The second-order valence-corrected chi connectivity index (χ2v) is 8.69. The first-order valence-electron chi connectivity index (χ1n) is 10.9. The number of hydrogen-bond acceptors (Lipinski definition) is 6. The third-order valence-corrected chi connectivity index (χ3v) is 5.26. The lowest BCUT2D eigenvalue weighted by atomic mass is 10.0. The van der Waals surface area contributed by atoms with Crippen molar-refractivity contribution < 1.29 is 14.7 Å². The van der Waals surface area contributed by atoms with E-state index in [4.69, 9.17) is 11.5 Å². The van der Waals surface area contributed by atoms with Gasteiger partial charge in [-0.1, -0.05) is 17.9 Å². The standard InChI is InChI=1S/C25H30N6O3/c1-25(2,34)11-10-17-6-7-19-8-9-21(23(32)30(3)22(19)14-17)29-24(33)31-16-18(15-28-31)13-20(27)5-4-12-26/h4-7,12,14-16,21,34H,8-9,13,26-27H2,1-3H3,(H,29,33)/b12-4-,20-5-. The minimum Gasteiger partial charge on any atom is -0.405 e. The van der Waals surface area contributed by atoms with Crippen LogP contribution in [0.2, 0.25) is 0 Å². The molecule has 6 N–H and O–H groups in total. The maximum absolute atomic E-state index is 13.1. The van der Waals surface area contributed by atoms with E-state index in [-0.39, 0.29) is 5.91 Å². The van der Waals surface area contributed by atoms with Gasteiger partial charge >= 0.3 is 6.03 Å². The quantitative estimate of drug-likeness (QED) is 0.400. The molecular formula is C25H30N6O3. The molecule has 1 aromatic carbocycles. The van der Waals surface area contributed by atoms with E-state index in [1.807, 2.05) is 18.2 Å². The van der Waals surface area contributed by atoms with E-state index in [2.05, 4.69) is 22.3 Å². The number of carbonyl (C=O) groups excluding carboxylic acids is 2. The summed E-state index contributed by atoms with van der Waals surface area (Å²) in [7, 11) is 1.68. The van der Waals surface area contributed by atoms with Crippen molar-refractivity contribution >= 4 is 17.6 Å². The molecule has 34 heavy (non-hydrogen) atoms. The van der Waals surface area contributed by atoms with Gasteiger partial charge in [0, 0.05) is 36.6 Å². The van der Waals surface area contributed by atoms with Crippen LogP contribution in [-0.4, -0.2) is 45.5 Å². The largest absolute Gasteiger partial charge is 0.405 e. The third-order valence-electron chi connectivity index (χ3n) is 5.26. The number of nitrogens with two attached hydrogens (primary N) is 2. The van der Waals surface area contributed by atoms with Gasteiger partial charge in [0.1, 0.15) is 11.6 Å². The number of carbonyl (C=O) groups is 2. The van der Waals surface area contributed by atoms with Crippen LogP contribution in [0.1, 0.15) is 37.0 Å². The zero-order valence-corrected chi connectivity index (χ0v) is 19.6. The Hall–Kier alpha value is -4.03. The highest BCUT2D eigenvalue weighted by atomic mass is 16.3. The zero-order valence-electron chi connectivity index (χ0n) is 19.6. The highest BCUT2D eigenvalue weighted by Gasteiger charge is 2.30. The number of aromatic nitrogens is 2. The lowest BCUT2D eigenvalue weighted by molar-refractivity contribution is -0.120. The van der Waals surface area contributed by atoms with Crippen LogP contribution in [0.15, 0.2) is 54.6 Å². The zero-order chi connectivity index (χ0) is 24.9. The summed E-state index contributed by atoms with van der Waals surface area (Å²) in [5.41, 5.74) is 13.9. The number of hydrogen-bond donors (Lipinski definition) is 4. The normalized spacial score (nSPS) is 16.6. The smallest absolute Gasteiger partial charge is 0.342 e. The van der Waals surface area contributed by atoms with Gasteiger partial charge in [-0.2, -0.15) is 9.78 Å². The van der Waals surface area contributed by atoms with Gasteiger partial charge in [0.25, 0.3) is 0 Å². The van der Waals surface area contributed by atoms with E-state index in [0.29, 0.717) is 30.5 Å². The number of likely N-dealkylation sites (N-methyl/N-ethyl adjacent to an activating group) is 1. The minimum atomic E-state index is -1.11. The average molecular weight is 463 g/mol. The Kier molecular flexibility index (Phi) is 7.44. The van der Waals surface area contributed by atoms with Gasteiger partial charge < -0.3 is 26.8 Å². The Labute approximate surface area is 199 Å². The molecule has 9 nitrogen and oxygen atoms in total. The van der Waals surface area contributed by atoms with Gasteiger partial charge in [-0.3, -0.25) is 4.79 Å². The van der Waals surface area contributed by atoms with E-state index in [0.717, 1.165) is 21.5 Å². The van der Waals surface area contributed by atoms with Crippen molar-refractivity contribution in [1.82, 2.24) is 15.1 Å². The molecule has 1 unspecified atom stereocenters. The van der Waals surface area contributed by atoms with Gasteiger partial charge in [-0.15, -0.1) is 0 Å². The summed E-state index contributed by atoms with van der Waals surface area (Å²) in [4.78, 5) is 27.4. The maximum atomic E-state index is 13.1. The lowest BCUT2D eigenvalue weighted by Gasteiger charge is -2.22. The molecule has 2 heterocycles. The van der Waals surface area contributed by atoms with Crippen molar-refractivity contribution in [2.75, 3.05) is 11.9 Å². The molecule has 0 bridgehead atoms. The summed E-state index contributed by atoms with van der Waals surface area (Å²) in [6.45, 7) is 3.22. The second kappa shape index (κ2) is 10.3. The van der Waals surface area contributed by atoms with E-state index in [1.165, 1.54) is 11.1 Å². The molecule has 0 saturated heterocycles. The first kappa shape index (κ1) is 24.6. The van der Waals surface area contributed by atoms with Gasteiger partial charge in [0.2, 0.25) is 5.91 Å². The third kappa shape index (κ3) is 6.27. The number of benzene rings is 1. The number of amides is 2.